The topological polar surface area (TPSA) is 54.0 Å². The van der Waals surface area contributed by atoms with Gasteiger partial charge in [0.15, 0.2) is 0 Å². The molecule has 1 N–H and O–H groups in total. The molecule has 0 radical (unpaired) electrons. The highest BCUT2D eigenvalue weighted by atomic mass is 19.1. The molecule has 0 spiro atoms. The van der Waals surface area contributed by atoms with Gasteiger partial charge < -0.3 is 9.64 Å². The molecule has 0 aromatic carbocycles. The van der Waals surface area contributed by atoms with Crippen LogP contribution in [0.2, 0.25) is 0 Å². The Morgan fingerprint density at radius 3 is 2.92 bits per heavy atom. The van der Waals surface area contributed by atoms with E-state index in [4.69, 9.17) is 4.74 Å². The van der Waals surface area contributed by atoms with Crippen LogP contribution in [0.5, 0.6) is 0 Å². The van der Waals surface area contributed by atoms with E-state index >= 15 is 0 Å². The largest absolute Gasteiger partial charge is 0.385 e. The number of nitrogens with one attached hydrogen (secondary N) is 1. The summed E-state index contributed by atoms with van der Waals surface area (Å²) in [5, 5.41) is 9.09. The van der Waals surface area contributed by atoms with E-state index in [1.54, 1.807) is 19.1 Å². The van der Waals surface area contributed by atoms with E-state index in [0.717, 1.165) is 6.42 Å². The molecule has 1 rings (SSSR count). The van der Waals surface area contributed by atoms with Crippen molar-refractivity contribution in [1.29, 1.82) is 0 Å². The van der Waals surface area contributed by atoms with Crippen molar-refractivity contribution < 1.29 is 9.13 Å². The molecule has 0 saturated carbocycles. The summed E-state index contributed by atoms with van der Waals surface area (Å²) in [6.45, 7) is 1.35. The fourth-order valence-corrected chi connectivity index (χ4v) is 1.01. The summed E-state index contributed by atoms with van der Waals surface area (Å²) in [6, 6.07) is 0. The Morgan fingerprint density at radius 1 is 1.62 bits per heavy atom. The second-order valence-electron chi connectivity index (χ2n) is 2.72. The minimum Gasteiger partial charge on any atom is -0.385 e. The number of hydrogen-bond acceptors (Lipinski definition) is 4. The Kier molecular flexibility index (Phi) is 3.63. The van der Waals surface area contributed by atoms with Crippen LogP contribution in [0, 0.1) is 5.95 Å². The highest BCUT2D eigenvalue weighted by Crippen LogP contribution is 2.10. The molecule has 6 heteroatoms. The zero-order valence-corrected chi connectivity index (χ0v) is 7.75. The molecule has 13 heavy (non-hydrogen) atoms. The molecule has 0 aliphatic carbocycles. The lowest BCUT2D eigenvalue weighted by molar-refractivity contribution is 0.196. The quantitative estimate of drug-likeness (QED) is 0.680. The molecule has 0 aliphatic heterocycles. The molecule has 0 bridgehead atoms. The van der Waals surface area contributed by atoms with Crippen LogP contribution in [0.3, 0.4) is 0 Å². The van der Waals surface area contributed by atoms with Crippen molar-refractivity contribution in [2.24, 2.45) is 0 Å². The molecule has 1 aromatic heterocycles. The monoisotopic (exact) mass is 188 g/mol. The third-order valence-electron chi connectivity index (χ3n) is 1.69. The van der Waals surface area contributed by atoms with Crippen LogP contribution in [0.4, 0.5) is 10.2 Å². The maximum atomic E-state index is 12.9. The van der Waals surface area contributed by atoms with Crippen molar-refractivity contribution in [3.8, 4) is 0 Å². The Labute approximate surface area is 75.9 Å². The highest BCUT2D eigenvalue weighted by molar-refractivity contribution is 5.33. The standard InChI is InChI=1S/C7H13FN4O/c1-12(4-3-5-13-2)7-6(8)9-11-10-7/h3-5H2,1-2H3,(H,9,10,11). The Balaban J connectivity index is 2.39. The summed E-state index contributed by atoms with van der Waals surface area (Å²) in [7, 11) is 3.40. The van der Waals surface area contributed by atoms with Gasteiger partial charge in [0.05, 0.1) is 0 Å². The third-order valence-corrected chi connectivity index (χ3v) is 1.69. The van der Waals surface area contributed by atoms with Gasteiger partial charge in [-0.2, -0.15) is 4.39 Å². The number of rotatable bonds is 5. The Morgan fingerprint density at radius 2 is 2.38 bits per heavy atom. The first-order valence-electron chi connectivity index (χ1n) is 4.02. The van der Waals surface area contributed by atoms with E-state index in [1.807, 2.05) is 0 Å². The molecule has 74 valence electrons. The fraction of sp³-hybridized carbons (Fsp3) is 0.714. The molecule has 1 aromatic rings. The predicted molar refractivity (Wildman–Crippen MR) is 46.1 cm³/mol. The van der Waals surface area contributed by atoms with Crippen molar-refractivity contribution in [2.75, 3.05) is 32.2 Å². The van der Waals surface area contributed by atoms with E-state index in [2.05, 4.69) is 15.4 Å². The third kappa shape index (κ3) is 2.66. The van der Waals surface area contributed by atoms with Crippen molar-refractivity contribution in [3.63, 3.8) is 0 Å². The lowest BCUT2D eigenvalue weighted by atomic mass is 10.4. The first-order chi connectivity index (χ1) is 6.25. The van der Waals surface area contributed by atoms with E-state index in [1.165, 1.54) is 0 Å². The average Bonchev–Trinajstić information content (AvgIpc) is 2.52. The number of nitrogens with zero attached hydrogens (tertiary/aromatic N) is 3. The molecule has 0 fully saturated rings. The first kappa shape index (κ1) is 9.91. The lowest BCUT2D eigenvalue weighted by Gasteiger charge is -2.14. The first-order valence-corrected chi connectivity index (χ1v) is 4.02. The number of ether oxygens (including phenoxy) is 1. The number of aromatic amines is 1. The minimum absolute atomic E-state index is 0.246. The van der Waals surface area contributed by atoms with Crippen LogP contribution < -0.4 is 4.90 Å². The van der Waals surface area contributed by atoms with Crippen LogP contribution in [-0.2, 0) is 4.74 Å². The van der Waals surface area contributed by atoms with E-state index < -0.39 is 5.95 Å². The van der Waals surface area contributed by atoms with Gasteiger partial charge in [-0.1, -0.05) is 5.21 Å². The van der Waals surface area contributed by atoms with Gasteiger partial charge in [-0.3, -0.25) is 0 Å². The molecule has 0 atom stereocenters. The van der Waals surface area contributed by atoms with E-state index in [0.29, 0.717) is 13.2 Å². The van der Waals surface area contributed by atoms with Gasteiger partial charge in [-0.25, -0.2) is 5.10 Å². The molecular formula is C7H13FN4O. The summed E-state index contributed by atoms with van der Waals surface area (Å²) in [6.07, 6.45) is 0.833. The molecule has 1 heterocycles. The van der Waals surface area contributed by atoms with Crippen LogP contribution in [0.15, 0.2) is 0 Å². The fourth-order valence-electron chi connectivity index (χ4n) is 1.01. The number of aromatic nitrogens is 3. The number of halogens is 1. The van der Waals surface area contributed by atoms with Gasteiger partial charge >= 0.3 is 0 Å². The zero-order chi connectivity index (χ0) is 9.68. The summed E-state index contributed by atoms with van der Waals surface area (Å²) >= 11 is 0. The maximum Gasteiger partial charge on any atom is 0.253 e. The van der Waals surface area contributed by atoms with E-state index in [-0.39, 0.29) is 5.82 Å². The normalized spacial score (nSPS) is 10.4. The summed E-state index contributed by atoms with van der Waals surface area (Å²) < 4.78 is 17.7. The van der Waals surface area contributed by atoms with Crippen LogP contribution in [-0.4, -0.2) is 42.7 Å². The summed E-state index contributed by atoms with van der Waals surface area (Å²) in [5.74, 6) is -0.254. The second kappa shape index (κ2) is 4.76. The van der Waals surface area contributed by atoms with Gasteiger partial charge in [0.2, 0.25) is 5.82 Å². The van der Waals surface area contributed by atoms with Gasteiger partial charge in [-0.15, -0.1) is 5.10 Å². The zero-order valence-electron chi connectivity index (χ0n) is 7.75. The Hall–Kier alpha value is -1.17. The van der Waals surface area contributed by atoms with Crippen molar-refractivity contribution >= 4 is 5.82 Å². The van der Waals surface area contributed by atoms with Crippen molar-refractivity contribution in [3.05, 3.63) is 5.95 Å². The smallest absolute Gasteiger partial charge is 0.253 e. The summed E-state index contributed by atoms with van der Waals surface area (Å²) in [5.41, 5.74) is 0. The maximum absolute atomic E-state index is 12.9. The molecule has 0 amide bonds. The van der Waals surface area contributed by atoms with E-state index in [9.17, 15) is 4.39 Å². The Bertz CT molecular complexity index is 252. The van der Waals surface area contributed by atoms with Crippen LogP contribution >= 0.6 is 0 Å². The molecule has 5 nitrogen and oxygen atoms in total. The summed E-state index contributed by atoms with van der Waals surface area (Å²) in [4.78, 5) is 1.69. The van der Waals surface area contributed by atoms with Crippen molar-refractivity contribution in [1.82, 2.24) is 15.4 Å². The highest BCUT2D eigenvalue weighted by Gasteiger charge is 2.10. The average molecular weight is 188 g/mol. The van der Waals surface area contributed by atoms with Crippen molar-refractivity contribution in [2.45, 2.75) is 6.42 Å². The second-order valence-corrected chi connectivity index (χ2v) is 2.72. The van der Waals surface area contributed by atoms with Gasteiger partial charge in [0.25, 0.3) is 5.95 Å². The number of methoxy groups -OCH3 is 1. The van der Waals surface area contributed by atoms with Gasteiger partial charge in [0.1, 0.15) is 0 Å². The van der Waals surface area contributed by atoms with Gasteiger partial charge in [0, 0.05) is 27.3 Å². The molecular weight excluding hydrogens is 175 g/mol. The number of H-pyrrole nitrogens is 1. The number of anilines is 1. The molecule has 0 saturated heterocycles. The predicted octanol–water partition coefficient (Wildman–Crippen LogP) is 0.416. The molecule has 0 aliphatic rings. The minimum atomic E-state index is -0.500. The van der Waals surface area contributed by atoms with Crippen LogP contribution in [0.25, 0.3) is 0 Å². The number of hydrogen-bond donors (Lipinski definition) is 1. The molecule has 0 unspecified atom stereocenters. The lowest BCUT2D eigenvalue weighted by Crippen LogP contribution is -2.21. The van der Waals surface area contributed by atoms with Gasteiger partial charge in [-0.05, 0) is 6.42 Å². The van der Waals surface area contributed by atoms with Crippen LogP contribution in [0.1, 0.15) is 6.42 Å². The SMILES string of the molecule is COCCCN(C)c1nn[nH]c1F.